The summed E-state index contributed by atoms with van der Waals surface area (Å²) in [6.45, 7) is 10.5. The number of aromatic nitrogens is 2. The van der Waals surface area contributed by atoms with Crippen LogP contribution in [0.4, 0.5) is 17.3 Å². The molecule has 3 heterocycles. The van der Waals surface area contributed by atoms with Gasteiger partial charge in [-0.15, -0.1) is 0 Å². The van der Waals surface area contributed by atoms with Gasteiger partial charge in [0, 0.05) is 13.1 Å². The molecule has 0 saturated carbocycles. The number of anilines is 3. The van der Waals surface area contributed by atoms with Crippen molar-refractivity contribution < 1.29 is 4.74 Å². The summed E-state index contributed by atoms with van der Waals surface area (Å²) in [4.78, 5) is 13.8. The Balaban J connectivity index is 1.62. The Hall–Kier alpha value is -1.76. The van der Waals surface area contributed by atoms with Crippen LogP contribution in [0, 0.1) is 5.92 Å². The van der Waals surface area contributed by atoms with Gasteiger partial charge in [0.05, 0.1) is 13.3 Å². The fraction of sp³-hybridized carbons (Fsp3) is 0.789. The predicted octanol–water partition coefficient (Wildman–Crippen LogP) is 2.94. The maximum Gasteiger partial charge on any atom is 0.320 e. The number of rotatable bonds is 9. The molecular formula is C19H34N6O. The molecule has 0 aromatic carbocycles. The number of hydrogen-bond donors (Lipinski definition) is 2. The van der Waals surface area contributed by atoms with Crippen molar-refractivity contribution in [2.75, 3.05) is 55.4 Å². The molecule has 3 rings (SSSR count). The molecule has 0 amide bonds. The Morgan fingerprint density at radius 3 is 2.88 bits per heavy atom. The molecule has 2 aliphatic rings. The minimum atomic E-state index is 0.400. The number of likely N-dealkylation sites (tertiary alicyclic amines) is 1. The largest absolute Gasteiger partial charge is 0.463 e. The molecule has 0 spiro atoms. The average molecular weight is 363 g/mol. The van der Waals surface area contributed by atoms with Gasteiger partial charge in [0.2, 0.25) is 0 Å². The fourth-order valence-corrected chi connectivity index (χ4v) is 3.81. The van der Waals surface area contributed by atoms with Crippen molar-refractivity contribution >= 4 is 17.3 Å². The molecule has 0 aliphatic carbocycles. The van der Waals surface area contributed by atoms with E-state index in [2.05, 4.69) is 38.9 Å². The molecule has 2 aliphatic heterocycles. The molecule has 1 aromatic rings. The molecule has 7 nitrogen and oxygen atoms in total. The number of nitrogens with zero attached hydrogens (tertiary/aromatic N) is 4. The zero-order valence-corrected chi connectivity index (χ0v) is 16.3. The first-order valence-electron chi connectivity index (χ1n) is 10.2. The second kappa shape index (κ2) is 9.26. The van der Waals surface area contributed by atoms with E-state index in [1.165, 1.54) is 45.3 Å². The Morgan fingerprint density at radius 2 is 2.08 bits per heavy atom. The molecule has 1 fully saturated rings. The van der Waals surface area contributed by atoms with E-state index in [1.54, 1.807) is 0 Å². The number of fused-ring (bicyclic) bond motifs is 1. The number of hydrogen-bond acceptors (Lipinski definition) is 7. The Kier molecular flexibility index (Phi) is 6.77. The van der Waals surface area contributed by atoms with Crippen LogP contribution in [0.2, 0.25) is 0 Å². The predicted molar refractivity (Wildman–Crippen MR) is 107 cm³/mol. The normalized spacial score (nSPS) is 20.1. The molecule has 146 valence electrons. The maximum absolute atomic E-state index is 6.12. The van der Waals surface area contributed by atoms with Gasteiger partial charge in [0.25, 0.3) is 0 Å². The van der Waals surface area contributed by atoms with Crippen LogP contribution in [0.25, 0.3) is 0 Å². The summed E-state index contributed by atoms with van der Waals surface area (Å²) in [5.41, 5.74) is 6.97. The topological polar surface area (TPSA) is 79.5 Å². The highest BCUT2D eigenvalue weighted by molar-refractivity contribution is 5.80. The number of nitrogen functional groups attached to an aromatic ring is 1. The SMILES string of the molecule is CCCCOc1nc(N)c2c(n1)N(CC1CCCN(CCCC)C1)CN2. The number of nitrogens with one attached hydrogen (secondary N) is 1. The molecule has 1 atom stereocenters. The van der Waals surface area contributed by atoms with Crippen LogP contribution in [0.3, 0.4) is 0 Å². The molecule has 3 N–H and O–H groups in total. The van der Waals surface area contributed by atoms with Crippen LogP contribution >= 0.6 is 0 Å². The summed E-state index contributed by atoms with van der Waals surface area (Å²) in [7, 11) is 0. The number of unbranched alkanes of at least 4 members (excludes halogenated alkanes) is 2. The van der Waals surface area contributed by atoms with E-state index in [9.17, 15) is 0 Å². The quantitative estimate of drug-likeness (QED) is 0.654. The highest BCUT2D eigenvalue weighted by Crippen LogP contribution is 2.36. The van der Waals surface area contributed by atoms with E-state index in [0.29, 0.717) is 24.4 Å². The molecular weight excluding hydrogens is 328 g/mol. The molecule has 0 bridgehead atoms. The molecule has 26 heavy (non-hydrogen) atoms. The van der Waals surface area contributed by atoms with E-state index >= 15 is 0 Å². The van der Waals surface area contributed by atoms with E-state index in [4.69, 9.17) is 10.5 Å². The highest BCUT2D eigenvalue weighted by Gasteiger charge is 2.28. The first-order chi connectivity index (χ1) is 12.7. The lowest BCUT2D eigenvalue weighted by Gasteiger charge is -2.34. The van der Waals surface area contributed by atoms with Gasteiger partial charge < -0.3 is 25.6 Å². The lowest BCUT2D eigenvalue weighted by molar-refractivity contribution is 0.175. The first kappa shape index (κ1) is 19.0. The lowest BCUT2D eigenvalue weighted by Crippen LogP contribution is -2.41. The molecule has 1 unspecified atom stereocenters. The summed E-state index contributed by atoms with van der Waals surface area (Å²) < 4.78 is 5.69. The van der Waals surface area contributed by atoms with Gasteiger partial charge >= 0.3 is 6.01 Å². The summed E-state index contributed by atoms with van der Waals surface area (Å²) >= 11 is 0. The lowest BCUT2D eigenvalue weighted by atomic mass is 9.97. The zero-order chi connectivity index (χ0) is 18.4. The van der Waals surface area contributed by atoms with Gasteiger partial charge in [-0.2, -0.15) is 9.97 Å². The van der Waals surface area contributed by atoms with Crippen molar-refractivity contribution in [2.45, 2.75) is 52.4 Å². The number of piperidine rings is 1. The van der Waals surface area contributed by atoms with E-state index < -0.39 is 0 Å². The third-order valence-electron chi connectivity index (χ3n) is 5.28. The van der Waals surface area contributed by atoms with Crippen molar-refractivity contribution in [3.05, 3.63) is 0 Å². The summed E-state index contributed by atoms with van der Waals surface area (Å²) in [6.07, 6.45) is 7.22. The molecule has 1 saturated heterocycles. The molecule has 1 aromatic heterocycles. The Labute approximate surface area is 157 Å². The monoisotopic (exact) mass is 362 g/mol. The number of ether oxygens (including phenoxy) is 1. The first-order valence-corrected chi connectivity index (χ1v) is 10.2. The van der Waals surface area contributed by atoms with Crippen molar-refractivity contribution in [1.82, 2.24) is 14.9 Å². The Bertz CT molecular complexity index is 581. The van der Waals surface area contributed by atoms with E-state index in [-0.39, 0.29) is 0 Å². The van der Waals surface area contributed by atoms with Crippen LogP contribution in [0.1, 0.15) is 52.4 Å². The van der Waals surface area contributed by atoms with Crippen LogP contribution in [-0.2, 0) is 0 Å². The second-order valence-corrected chi connectivity index (χ2v) is 7.51. The van der Waals surface area contributed by atoms with Crippen LogP contribution < -0.4 is 20.7 Å². The van der Waals surface area contributed by atoms with E-state index in [1.807, 2.05) is 0 Å². The van der Waals surface area contributed by atoms with Crippen LogP contribution in [-0.4, -0.2) is 54.3 Å². The van der Waals surface area contributed by atoms with Gasteiger partial charge in [-0.1, -0.05) is 26.7 Å². The zero-order valence-electron chi connectivity index (χ0n) is 16.3. The van der Waals surface area contributed by atoms with Crippen LogP contribution in [0.5, 0.6) is 6.01 Å². The third kappa shape index (κ3) is 4.69. The van der Waals surface area contributed by atoms with Gasteiger partial charge in [-0.25, -0.2) is 0 Å². The van der Waals surface area contributed by atoms with Gasteiger partial charge in [0.1, 0.15) is 5.69 Å². The highest BCUT2D eigenvalue weighted by atomic mass is 16.5. The van der Waals surface area contributed by atoms with Crippen LogP contribution in [0.15, 0.2) is 0 Å². The minimum Gasteiger partial charge on any atom is -0.463 e. The van der Waals surface area contributed by atoms with Crippen molar-refractivity contribution in [3.8, 4) is 6.01 Å². The Morgan fingerprint density at radius 1 is 1.23 bits per heavy atom. The number of nitrogens with two attached hydrogens (primary N) is 1. The van der Waals surface area contributed by atoms with Crippen molar-refractivity contribution in [1.29, 1.82) is 0 Å². The van der Waals surface area contributed by atoms with Gasteiger partial charge in [0.15, 0.2) is 11.6 Å². The van der Waals surface area contributed by atoms with Gasteiger partial charge in [-0.05, 0) is 44.7 Å². The minimum absolute atomic E-state index is 0.400. The average Bonchev–Trinajstić information content (AvgIpc) is 3.04. The third-order valence-corrected chi connectivity index (χ3v) is 5.28. The van der Waals surface area contributed by atoms with E-state index in [0.717, 1.165) is 37.6 Å². The molecule has 7 heteroatoms. The standard InChI is InChI=1S/C19H34N6O/c1-3-5-9-24-10-7-8-15(12-24)13-25-14-21-16-17(20)22-19(23-18(16)25)26-11-6-4-2/h15,21H,3-14H2,1-2H3,(H2,20,22,23). The summed E-state index contributed by atoms with van der Waals surface area (Å²) in [5.74, 6) is 2.06. The van der Waals surface area contributed by atoms with Crippen molar-refractivity contribution in [2.24, 2.45) is 5.92 Å². The smallest absolute Gasteiger partial charge is 0.320 e. The summed E-state index contributed by atoms with van der Waals surface area (Å²) in [5, 5.41) is 3.35. The maximum atomic E-state index is 6.12. The van der Waals surface area contributed by atoms with Gasteiger partial charge in [-0.3, -0.25) is 0 Å². The second-order valence-electron chi connectivity index (χ2n) is 7.51. The summed E-state index contributed by atoms with van der Waals surface area (Å²) in [6, 6.07) is 0.400. The fourth-order valence-electron chi connectivity index (χ4n) is 3.81. The van der Waals surface area contributed by atoms with Crippen molar-refractivity contribution in [3.63, 3.8) is 0 Å². The molecule has 0 radical (unpaired) electrons.